The number of benzene rings is 3. The first-order chi connectivity index (χ1) is 45.1. The Morgan fingerprint density at radius 3 is 2.47 bits per heavy atom. The summed E-state index contributed by atoms with van der Waals surface area (Å²) in [5.74, 6) is 1.56. The van der Waals surface area contributed by atoms with Crippen LogP contribution in [0.2, 0.25) is 0 Å². The highest BCUT2D eigenvalue weighted by molar-refractivity contribution is 5.78. The Morgan fingerprint density at radius 1 is 0.860 bits per heavy atom. The number of aliphatic carboxylic acids is 1. The average molecular weight is 1250 g/mol. The van der Waals surface area contributed by atoms with Gasteiger partial charge in [-0.15, -0.1) is 0 Å². The van der Waals surface area contributed by atoms with Crippen LogP contribution in [0.15, 0.2) is 149 Å². The molecule has 8 heteroatoms. The van der Waals surface area contributed by atoms with Crippen molar-refractivity contribution >= 4 is 23.2 Å². The zero-order valence-corrected chi connectivity index (χ0v) is 56.5. The maximum atomic E-state index is 15.0. The number of ether oxygens (including phenoxy) is 1. The lowest BCUT2D eigenvalue weighted by Gasteiger charge is -2.78. The Labute approximate surface area is 554 Å². The van der Waals surface area contributed by atoms with E-state index in [-0.39, 0.29) is 39.9 Å². The first kappa shape index (κ1) is 62.2. The highest BCUT2D eigenvalue weighted by Crippen LogP contribution is 2.88. The van der Waals surface area contributed by atoms with Gasteiger partial charge in [0.1, 0.15) is 0 Å². The summed E-state index contributed by atoms with van der Waals surface area (Å²) in [4.78, 5) is 15.0. The highest BCUT2D eigenvalue weighted by Gasteiger charge is 2.83. The summed E-state index contributed by atoms with van der Waals surface area (Å²) >= 11 is 0. The van der Waals surface area contributed by atoms with Crippen LogP contribution in [-0.2, 0) is 28.8 Å². The van der Waals surface area contributed by atoms with E-state index in [1.807, 2.05) is 0 Å². The first-order valence-electron chi connectivity index (χ1n) is 37.2. The van der Waals surface area contributed by atoms with Crippen LogP contribution in [-0.4, -0.2) is 65.4 Å². The van der Waals surface area contributed by atoms with Crippen molar-refractivity contribution in [1.29, 1.82) is 0 Å². The number of fused-ring (bicyclic) bond motifs is 2. The molecule has 20 rings (SSSR count). The fourth-order valence-corrected chi connectivity index (χ4v) is 25.7. The summed E-state index contributed by atoms with van der Waals surface area (Å²) in [6.45, 7) is 12.2. The molecule has 0 saturated heterocycles. The largest absolute Gasteiger partial charge is 0.516 e. The van der Waals surface area contributed by atoms with Crippen LogP contribution >= 0.6 is 0 Å². The zero-order valence-electron chi connectivity index (χ0n) is 56.5. The number of rotatable bonds is 9. The summed E-state index contributed by atoms with van der Waals surface area (Å²) in [6, 6.07) is 28.1. The lowest BCUT2D eigenvalue weighted by atomic mass is 9.25. The molecule has 0 radical (unpaired) electrons. The van der Waals surface area contributed by atoms with E-state index in [1.54, 1.807) is 23.8 Å². The Kier molecular flexibility index (Phi) is 15.7. The van der Waals surface area contributed by atoms with Gasteiger partial charge >= 0.3 is 5.97 Å². The van der Waals surface area contributed by atoms with Gasteiger partial charge in [-0.2, -0.15) is 0 Å². The Balaban J connectivity index is 0.921. The third-order valence-corrected chi connectivity index (χ3v) is 29.3. The minimum atomic E-state index is -0.812. The van der Waals surface area contributed by atoms with Gasteiger partial charge < -0.3 is 35.8 Å². The molecule has 8 nitrogen and oxygen atoms in total. The molecule has 3 aromatic rings. The van der Waals surface area contributed by atoms with Crippen molar-refractivity contribution in [3.8, 4) is 0 Å². The molecule has 17 bridgehead atoms. The predicted octanol–water partition coefficient (Wildman–Crippen LogP) is 15.4. The van der Waals surface area contributed by atoms with E-state index >= 15 is 0 Å². The fraction of sp³-hybridized carbons (Fsp3) is 0.588. The van der Waals surface area contributed by atoms with Crippen LogP contribution in [0.3, 0.4) is 0 Å². The van der Waals surface area contributed by atoms with E-state index in [2.05, 4.69) is 154 Å². The maximum absolute atomic E-state index is 15.0. The SMILES string of the molecule is COCCc1ccc(C[C@H]2CC[C@]34C[C@H]2C=C[C@H]3C[C@H]2CC3=C5C[C@]67C=C8C(=c9ccccc9=C[C@@H]8[C@@]38CC[C@H](O)[C@@](C)(CC=C6CC(C)C)[C@@H]87)Cc3cccc(c3)C3=CC=C(NCCC[C@@H](C6CCCCC6)/C(=C/O)CC[C@@H](C(=O)O)[C@H]6[C@H](O)C[C@]54[C@]26C)NC3)cc1. The summed E-state index contributed by atoms with van der Waals surface area (Å²) in [5.41, 5.74) is 13.1. The molecule has 11 aliphatic carbocycles. The maximum Gasteiger partial charge on any atom is 0.306 e. The lowest BCUT2D eigenvalue weighted by molar-refractivity contribution is -0.217. The quantitative estimate of drug-likeness (QED) is 0.0923. The van der Waals surface area contributed by atoms with Crippen molar-refractivity contribution < 1.29 is 30.0 Å². The van der Waals surface area contributed by atoms with Gasteiger partial charge in [0, 0.05) is 53.7 Å². The van der Waals surface area contributed by atoms with Crippen LogP contribution in [0.4, 0.5) is 0 Å². The first-order valence-corrected chi connectivity index (χ1v) is 37.2. The number of dihydropyridines is 1. The number of nitrogens with one attached hydrogen (secondary N) is 2. The summed E-state index contributed by atoms with van der Waals surface area (Å²) in [5, 5.41) is 61.3. The number of hydrogen-bond donors (Lipinski definition) is 6. The van der Waals surface area contributed by atoms with Crippen LogP contribution in [0.5, 0.6) is 0 Å². The van der Waals surface area contributed by atoms with Gasteiger partial charge in [-0.3, -0.25) is 4.79 Å². The molecular formula is C85H106N2O6. The van der Waals surface area contributed by atoms with E-state index < -0.39 is 46.3 Å². The van der Waals surface area contributed by atoms with Gasteiger partial charge in [-0.25, -0.2) is 0 Å². The second kappa shape index (κ2) is 23.6. The van der Waals surface area contributed by atoms with Crippen molar-refractivity contribution in [2.45, 2.75) is 188 Å². The minimum Gasteiger partial charge on any atom is -0.516 e. The molecule has 17 aliphatic rings. The molecule has 5 fully saturated rings. The van der Waals surface area contributed by atoms with Crippen molar-refractivity contribution in [2.24, 2.45) is 97.6 Å². The molecule has 3 spiro atoms. The van der Waals surface area contributed by atoms with Crippen molar-refractivity contribution in [3.63, 3.8) is 0 Å². The molecule has 6 heterocycles. The minimum absolute atomic E-state index is 0.0687. The van der Waals surface area contributed by atoms with Gasteiger partial charge in [0.05, 0.1) is 36.8 Å². The van der Waals surface area contributed by atoms with E-state index in [0.29, 0.717) is 55.5 Å². The molecule has 93 heavy (non-hydrogen) atoms. The van der Waals surface area contributed by atoms with Crippen LogP contribution in [0.1, 0.15) is 178 Å². The number of hydrogen-bond acceptors (Lipinski definition) is 7. The molecule has 6 aliphatic heterocycles. The normalized spacial score (nSPS) is 40.2. The van der Waals surface area contributed by atoms with E-state index in [1.165, 1.54) is 74.9 Å². The second-order valence-corrected chi connectivity index (χ2v) is 33.5. The molecule has 17 atom stereocenters. The van der Waals surface area contributed by atoms with Crippen LogP contribution in [0, 0.1) is 97.6 Å². The van der Waals surface area contributed by atoms with Gasteiger partial charge in [0.25, 0.3) is 0 Å². The summed E-state index contributed by atoms with van der Waals surface area (Å²) < 4.78 is 5.47. The van der Waals surface area contributed by atoms with Gasteiger partial charge in [0.15, 0.2) is 0 Å². The van der Waals surface area contributed by atoms with Crippen LogP contribution < -0.4 is 21.1 Å². The number of allylic oxidation sites excluding steroid dienone is 11. The Bertz CT molecular complexity index is 3820. The standard InChI is InChI=1S/C85H106N2O6/c1-52(2)39-63-31-34-80(3)75(90)32-36-84-71-43-59-16-9-10-18-67(59)69-42-55-13-11-17-57(41-55)61-26-29-76(87-50-61)86-37-12-19-66(56-14-7-6-8-15-56)62(51-88)25-28-68(78(91)92)77-74(89)49-85-73(48-82(63,79(80)84)47-70(69)71)72(84)45-65(81(77,85)4)44-64-27-24-60-46-83(64,85)35-30-58(60)40-54-22-20-53(21-23-54)33-38-93-5/h9-11,13,16-18,20-24,26-27,29,31,41,43,47,51-52,56,58,60,64-66,68,71,74-75,77,79,86-90H,6-8,12,14-15,19,25,28,30,32-40,42,44-46,48-50H2,1-5H3,(H,91,92)/b62-51+/t58-,60-,64+,65+,66+,68-,71+,74-,75+,77+,79-,80-,81-,82-,83+,84+,85-/m1/s1. The zero-order chi connectivity index (χ0) is 63.8. The van der Waals surface area contributed by atoms with Crippen molar-refractivity contribution in [1.82, 2.24) is 10.6 Å². The van der Waals surface area contributed by atoms with E-state index in [9.17, 15) is 25.2 Å². The number of aliphatic hydroxyl groups excluding tert-OH is 3. The number of carbonyl (C=O) groups is 1. The number of methoxy groups -OCH3 is 1. The van der Waals surface area contributed by atoms with Crippen molar-refractivity contribution in [2.75, 3.05) is 26.8 Å². The molecule has 0 aromatic heterocycles. The fourth-order valence-electron chi connectivity index (χ4n) is 25.7. The number of aliphatic hydroxyl groups is 3. The predicted molar refractivity (Wildman–Crippen MR) is 372 cm³/mol. The Hall–Kier alpha value is -5.67. The molecule has 492 valence electrons. The molecule has 5 saturated carbocycles. The molecule has 0 amide bonds. The molecule has 0 unspecified atom stereocenters. The monoisotopic (exact) mass is 1250 g/mol. The summed E-state index contributed by atoms with van der Waals surface area (Å²) in [7, 11) is 1.78. The van der Waals surface area contributed by atoms with Gasteiger partial charge in [-0.05, 0) is 248 Å². The second-order valence-electron chi connectivity index (χ2n) is 33.5. The van der Waals surface area contributed by atoms with Gasteiger partial charge in [-0.1, -0.05) is 173 Å². The topological polar surface area (TPSA) is 131 Å². The highest BCUT2D eigenvalue weighted by atomic mass is 16.5. The average Bonchev–Trinajstić information content (AvgIpc) is 1.61. The van der Waals surface area contributed by atoms with E-state index in [4.69, 9.17) is 4.74 Å². The molecule has 6 N–H and O–H groups in total. The molecule has 3 aromatic carbocycles. The van der Waals surface area contributed by atoms with Gasteiger partial charge in [0.2, 0.25) is 0 Å². The number of carboxylic acids is 1. The number of carboxylic acid groups (broad SMARTS) is 1. The lowest BCUT2D eigenvalue weighted by Crippen LogP contribution is -2.72. The molecular weight excluding hydrogens is 1140 g/mol. The van der Waals surface area contributed by atoms with Crippen molar-refractivity contribution in [3.05, 3.63) is 182 Å². The smallest absolute Gasteiger partial charge is 0.306 e. The Morgan fingerprint density at radius 2 is 1.69 bits per heavy atom. The van der Waals surface area contributed by atoms with Crippen LogP contribution in [0.25, 0.3) is 17.2 Å². The third-order valence-electron chi connectivity index (χ3n) is 29.3. The third kappa shape index (κ3) is 9.34. The van der Waals surface area contributed by atoms with E-state index in [0.717, 1.165) is 134 Å². The summed E-state index contributed by atoms with van der Waals surface area (Å²) in [6.07, 6.45) is 39.9.